The molecule has 0 aromatic carbocycles. The zero-order chi connectivity index (χ0) is 11.7. The molecule has 0 heterocycles. The van der Waals surface area contributed by atoms with Gasteiger partial charge in [-0.1, -0.05) is 5.92 Å². The molecular weight excluding hydrogens is 279 g/mol. The molecule has 3 nitrogen and oxygen atoms in total. The van der Waals surface area contributed by atoms with Gasteiger partial charge in [0, 0.05) is 24.8 Å². The van der Waals surface area contributed by atoms with Gasteiger partial charge in [0.1, 0.15) is 12.2 Å². The van der Waals surface area contributed by atoms with Crippen molar-refractivity contribution in [2.75, 3.05) is 37.1 Å². The van der Waals surface area contributed by atoms with Gasteiger partial charge < -0.3 is 4.52 Å². The van der Waals surface area contributed by atoms with Crippen LogP contribution in [-0.4, -0.2) is 41.7 Å². The number of rotatable bonds is 8. The molecule has 15 heavy (non-hydrogen) atoms. The third-order valence-corrected chi connectivity index (χ3v) is 4.96. The van der Waals surface area contributed by atoms with E-state index < -0.39 is 7.52 Å². The topological polar surface area (TPSA) is 29.5 Å². The smallest absolute Gasteiger partial charge is 0.287 e. The van der Waals surface area contributed by atoms with E-state index in [0.717, 1.165) is 0 Å². The molecule has 0 saturated heterocycles. The van der Waals surface area contributed by atoms with E-state index in [2.05, 4.69) is 5.92 Å². The van der Waals surface area contributed by atoms with Crippen LogP contribution in [-0.2, 0) is 9.09 Å². The van der Waals surface area contributed by atoms with Crippen molar-refractivity contribution in [3.05, 3.63) is 0 Å². The summed E-state index contributed by atoms with van der Waals surface area (Å²) >= 11 is 16.8. The zero-order valence-electron chi connectivity index (χ0n) is 8.16. The van der Waals surface area contributed by atoms with Crippen molar-refractivity contribution >= 4 is 42.3 Å². The summed E-state index contributed by atoms with van der Waals surface area (Å²) in [5.41, 5.74) is -0.123. The van der Waals surface area contributed by atoms with Gasteiger partial charge in [0.25, 0.3) is 7.52 Å². The van der Waals surface area contributed by atoms with Gasteiger partial charge in [0.05, 0.1) is 0 Å². The van der Waals surface area contributed by atoms with Crippen LogP contribution >= 0.6 is 42.3 Å². The second kappa shape index (κ2) is 8.70. The minimum atomic E-state index is -3.07. The van der Waals surface area contributed by atoms with Crippen molar-refractivity contribution in [2.24, 2.45) is 0 Å². The number of alkyl halides is 3. The average Bonchev–Trinajstić information content (AvgIpc) is 2.25. The first-order valence-corrected chi connectivity index (χ1v) is 7.61. The van der Waals surface area contributed by atoms with Crippen LogP contribution in [0.1, 0.15) is 0 Å². The Morgan fingerprint density at radius 1 is 1.27 bits per heavy atom. The summed E-state index contributed by atoms with van der Waals surface area (Å²) in [6.45, 7) is 0.775. The molecule has 0 rings (SSSR count). The lowest BCUT2D eigenvalue weighted by molar-refractivity contribution is 0.299. The molecule has 0 N–H and O–H groups in total. The van der Waals surface area contributed by atoms with Crippen LogP contribution in [0.4, 0.5) is 0 Å². The maximum Gasteiger partial charge on any atom is 0.287 e. The Morgan fingerprint density at radius 3 is 2.13 bits per heavy atom. The molecule has 7 heteroatoms. The Hall–Kier alpha value is 0.580. The average molecular weight is 293 g/mol. The maximum absolute atomic E-state index is 12.2. The number of nitrogens with zero attached hydrogens (tertiary/aromatic N) is 1. The van der Waals surface area contributed by atoms with Crippen LogP contribution in [0.2, 0.25) is 0 Å². The standard InChI is InChI=1S/C8H13Cl3NO2P/c1-2-7-14-15(13,8-11)12(5-3-9)6-4-10/h1H,3-8H2. The summed E-state index contributed by atoms with van der Waals surface area (Å²) in [5, 5.41) is 0. The highest BCUT2D eigenvalue weighted by molar-refractivity contribution is 7.58. The Morgan fingerprint density at radius 2 is 1.80 bits per heavy atom. The van der Waals surface area contributed by atoms with Gasteiger partial charge in [-0.25, -0.2) is 4.67 Å². The SMILES string of the molecule is C#CCOP(=O)(CCl)N(CCCl)CCCl. The predicted octanol–water partition coefficient (Wildman–Crippen LogP) is 2.81. The first kappa shape index (κ1) is 15.6. The second-order valence-corrected chi connectivity index (χ2v) is 6.38. The van der Waals surface area contributed by atoms with Crippen LogP contribution < -0.4 is 0 Å². The van der Waals surface area contributed by atoms with Gasteiger partial charge >= 0.3 is 0 Å². The summed E-state index contributed by atoms with van der Waals surface area (Å²) < 4.78 is 18.8. The highest BCUT2D eigenvalue weighted by Gasteiger charge is 2.29. The number of terminal acetylenes is 1. The molecule has 0 aliphatic heterocycles. The highest BCUT2D eigenvalue weighted by Crippen LogP contribution is 2.51. The van der Waals surface area contributed by atoms with E-state index in [0.29, 0.717) is 24.8 Å². The molecule has 1 unspecified atom stereocenters. The first-order valence-electron chi connectivity index (χ1n) is 4.25. The van der Waals surface area contributed by atoms with Gasteiger partial charge in [0.15, 0.2) is 0 Å². The van der Waals surface area contributed by atoms with Crippen molar-refractivity contribution in [3.63, 3.8) is 0 Å². The van der Waals surface area contributed by atoms with Crippen LogP contribution in [0.25, 0.3) is 0 Å². The van der Waals surface area contributed by atoms with Gasteiger partial charge in [-0.3, -0.25) is 4.57 Å². The quantitative estimate of drug-likeness (QED) is 0.391. The van der Waals surface area contributed by atoms with Crippen LogP contribution in [0.3, 0.4) is 0 Å². The van der Waals surface area contributed by atoms with E-state index in [1.165, 1.54) is 0 Å². The molecule has 0 spiro atoms. The predicted molar refractivity (Wildman–Crippen MR) is 66.1 cm³/mol. The summed E-state index contributed by atoms with van der Waals surface area (Å²) in [6.07, 6.45) is 5.03. The highest BCUT2D eigenvalue weighted by atomic mass is 35.5. The largest absolute Gasteiger partial charge is 0.304 e. The third-order valence-electron chi connectivity index (χ3n) is 1.62. The fraction of sp³-hybridized carbons (Fsp3) is 0.750. The molecule has 0 amide bonds. The summed E-state index contributed by atoms with van der Waals surface area (Å²) in [4.78, 5) is 0. The van der Waals surface area contributed by atoms with E-state index in [1.54, 1.807) is 4.67 Å². The van der Waals surface area contributed by atoms with Crippen molar-refractivity contribution in [1.82, 2.24) is 4.67 Å². The molecule has 0 aliphatic carbocycles. The van der Waals surface area contributed by atoms with Crippen LogP contribution in [0, 0.1) is 12.3 Å². The third kappa shape index (κ3) is 5.45. The molecule has 0 aromatic heterocycles. The van der Waals surface area contributed by atoms with Crippen LogP contribution in [0.5, 0.6) is 0 Å². The van der Waals surface area contributed by atoms with E-state index in [-0.39, 0.29) is 12.2 Å². The Kier molecular flexibility index (Phi) is 9.04. The van der Waals surface area contributed by atoms with Gasteiger partial charge in [0.2, 0.25) is 0 Å². The monoisotopic (exact) mass is 291 g/mol. The molecule has 0 radical (unpaired) electrons. The molecule has 1 atom stereocenters. The minimum Gasteiger partial charge on any atom is -0.304 e. The lowest BCUT2D eigenvalue weighted by Crippen LogP contribution is -2.26. The van der Waals surface area contributed by atoms with E-state index in [1.807, 2.05) is 0 Å². The molecular formula is C8H13Cl3NO2P. The Labute approximate surface area is 106 Å². The Balaban J connectivity index is 4.54. The lowest BCUT2D eigenvalue weighted by atomic mass is 10.6. The van der Waals surface area contributed by atoms with Gasteiger partial charge in [-0.15, -0.1) is 41.2 Å². The molecule has 0 aromatic rings. The zero-order valence-corrected chi connectivity index (χ0v) is 11.3. The fourth-order valence-electron chi connectivity index (χ4n) is 0.942. The van der Waals surface area contributed by atoms with Crippen molar-refractivity contribution in [3.8, 4) is 12.3 Å². The molecule has 0 fully saturated rings. The van der Waals surface area contributed by atoms with Crippen molar-refractivity contribution in [1.29, 1.82) is 0 Å². The normalized spacial score (nSPS) is 14.9. The summed E-state index contributed by atoms with van der Waals surface area (Å²) in [7, 11) is -3.07. The van der Waals surface area contributed by atoms with Crippen molar-refractivity contribution in [2.45, 2.75) is 0 Å². The van der Waals surface area contributed by atoms with Gasteiger partial charge in [-0.05, 0) is 0 Å². The maximum atomic E-state index is 12.2. The first-order chi connectivity index (χ1) is 7.14. The number of halogens is 3. The van der Waals surface area contributed by atoms with Crippen LogP contribution in [0.15, 0.2) is 0 Å². The second-order valence-electron chi connectivity index (χ2n) is 2.57. The molecule has 0 saturated carbocycles. The van der Waals surface area contributed by atoms with Gasteiger partial charge in [-0.2, -0.15) is 0 Å². The molecule has 88 valence electrons. The summed E-state index contributed by atoms with van der Waals surface area (Å²) in [5.74, 6) is 2.91. The fourth-order valence-corrected chi connectivity index (χ4v) is 3.72. The molecule has 0 aliphatic rings. The lowest BCUT2D eigenvalue weighted by Gasteiger charge is -2.27. The van der Waals surface area contributed by atoms with Crippen molar-refractivity contribution < 1.29 is 9.09 Å². The number of hydrogen-bond acceptors (Lipinski definition) is 2. The number of hydrogen-bond donors (Lipinski definition) is 0. The van der Waals surface area contributed by atoms with E-state index in [4.69, 9.17) is 45.7 Å². The summed E-state index contributed by atoms with van der Waals surface area (Å²) in [6, 6.07) is 0. The Bertz CT molecular complexity index is 251. The van der Waals surface area contributed by atoms with E-state index in [9.17, 15) is 4.57 Å². The molecule has 0 bridgehead atoms. The minimum absolute atomic E-state index is 0.0366. The van der Waals surface area contributed by atoms with E-state index >= 15 is 0 Å².